The number of halogens is 1. The van der Waals surface area contributed by atoms with Crippen molar-refractivity contribution in [3.05, 3.63) is 76.3 Å². The van der Waals surface area contributed by atoms with Crippen molar-refractivity contribution in [2.75, 3.05) is 13.2 Å². The number of carbonyl (C=O) groups excluding carboxylic acids is 1. The summed E-state index contributed by atoms with van der Waals surface area (Å²) in [7, 11) is -8.44. The number of allylic oxidation sites excluding steroid dienone is 1. The molecule has 7 nitrogen and oxygen atoms in total. The summed E-state index contributed by atoms with van der Waals surface area (Å²) in [5, 5.41) is -1.91. The van der Waals surface area contributed by atoms with Gasteiger partial charge in [-0.05, 0) is 49.3 Å². The summed E-state index contributed by atoms with van der Waals surface area (Å²) < 4.78 is 57.3. The van der Waals surface area contributed by atoms with Crippen LogP contribution in [0.2, 0.25) is 0 Å². The Morgan fingerprint density at radius 1 is 0.917 bits per heavy atom. The van der Waals surface area contributed by atoms with Crippen LogP contribution in [0.1, 0.15) is 68.3 Å². The van der Waals surface area contributed by atoms with E-state index in [2.05, 4.69) is 20.7 Å². The molecule has 1 atom stereocenters. The molecule has 10 heteroatoms. The Bertz CT molecular complexity index is 1220. The van der Waals surface area contributed by atoms with Gasteiger partial charge in [0.2, 0.25) is 10.0 Å². The standard InChI is InChI=1S/C26H33BrNO6PS/c1-3-5-9-19-33-35(30,34-20-10-6-4-2)26(18-17-25(29)23-11-7-8-12-24(23)26)28-36(31,32)22-15-13-21(27)14-16-22/h7-8,11-18,28H,3-6,9-10,19-20H2,1-2H3. The van der Waals surface area contributed by atoms with Gasteiger partial charge in [-0.25, -0.2) is 8.42 Å². The molecule has 2 aromatic rings. The average molecular weight is 598 g/mol. The van der Waals surface area contributed by atoms with E-state index in [1.54, 1.807) is 36.4 Å². The zero-order chi connectivity index (χ0) is 26.2. The van der Waals surface area contributed by atoms with Crippen LogP contribution in [-0.4, -0.2) is 27.4 Å². The van der Waals surface area contributed by atoms with E-state index in [0.717, 1.165) is 25.7 Å². The minimum atomic E-state index is -4.23. The zero-order valence-corrected chi connectivity index (χ0v) is 23.9. The summed E-state index contributed by atoms with van der Waals surface area (Å²) in [5.74, 6) is -0.312. The van der Waals surface area contributed by atoms with Crippen molar-refractivity contribution < 1.29 is 26.8 Å². The van der Waals surface area contributed by atoms with Crippen LogP contribution < -0.4 is 4.72 Å². The largest absolute Gasteiger partial charge is 0.360 e. The lowest BCUT2D eigenvalue weighted by Crippen LogP contribution is -2.47. The summed E-state index contributed by atoms with van der Waals surface area (Å²) in [5.41, 5.74) is 0.487. The van der Waals surface area contributed by atoms with Crippen molar-refractivity contribution in [2.24, 2.45) is 0 Å². The Hall–Kier alpha value is -1.61. The molecular weight excluding hydrogens is 565 g/mol. The van der Waals surface area contributed by atoms with Crippen LogP contribution in [0.4, 0.5) is 0 Å². The second-order valence-corrected chi connectivity index (χ2v) is 13.5. The molecule has 1 aliphatic rings. The number of nitrogens with one attached hydrogen (secondary N) is 1. The van der Waals surface area contributed by atoms with Gasteiger partial charge in [0.1, 0.15) is 0 Å². The van der Waals surface area contributed by atoms with Crippen LogP contribution in [0.25, 0.3) is 0 Å². The second-order valence-electron chi connectivity index (χ2n) is 8.65. The third-order valence-electron chi connectivity index (χ3n) is 5.94. The fourth-order valence-corrected chi connectivity index (χ4v) is 8.22. The molecule has 0 aromatic heterocycles. The Morgan fingerprint density at radius 2 is 1.50 bits per heavy atom. The lowest BCUT2D eigenvalue weighted by molar-refractivity contribution is 0.104. The number of unbranched alkanes of at least 4 members (excludes halogenated alkanes) is 4. The first-order valence-corrected chi connectivity index (χ1v) is 16.0. The van der Waals surface area contributed by atoms with E-state index >= 15 is 0 Å². The van der Waals surface area contributed by atoms with Crippen LogP contribution in [0.5, 0.6) is 0 Å². The molecule has 0 fully saturated rings. The Balaban J connectivity index is 2.16. The quantitative estimate of drug-likeness (QED) is 0.187. The molecule has 0 spiro atoms. The highest BCUT2D eigenvalue weighted by atomic mass is 79.9. The summed E-state index contributed by atoms with van der Waals surface area (Å²) in [4.78, 5) is 12.7. The van der Waals surface area contributed by atoms with Gasteiger partial charge in [-0.2, -0.15) is 4.72 Å². The number of hydrogen-bond acceptors (Lipinski definition) is 6. The molecule has 0 bridgehead atoms. The van der Waals surface area contributed by atoms with Crippen molar-refractivity contribution in [1.82, 2.24) is 4.72 Å². The molecule has 1 aliphatic carbocycles. The zero-order valence-electron chi connectivity index (χ0n) is 20.6. The summed E-state index contributed by atoms with van der Waals surface area (Å²) in [6.45, 7) is 4.34. The molecular formula is C26H33BrNO6PS. The highest BCUT2D eigenvalue weighted by Crippen LogP contribution is 2.66. The maximum Gasteiger partial charge on any atom is 0.360 e. The van der Waals surface area contributed by atoms with Gasteiger partial charge in [0.25, 0.3) is 0 Å². The maximum absolute atomic E-state index is 14.7. The maximum atomic E-state index is 14.7. The van der Waals surface area contributed by atoms with Crippen LogP contribution in [0.3, 0.4) is 0 Å². The molecule has 0 heterocycles. The molecule has 0 radical (unpaired) electrons. The lowest BCUT2D eigenvalue weighted by atomic mass is 9.92. The van der Waals surface area contributed by atoms with E-state index in [4.69, 9.17) is 9.05 Å². The van der Waals surface area contributed by atoms with Crippen LogP contribution in [0.15, 0.2) is 70.1 Å². The molecule has 0 amide bonds. The first kappa shape index (κ1) is 29.0. The second kappa shape index (κ2) is 12.8. The smallest absolute Gasteiger partial charge is 0.307 e. The number of ketones is 1. The monoisotopic (exact) mass is 597 g/mol. The molecule has 1 N–H and O–H groups in total. The fourth-order valence-electron chi connectivity index (χ4n) is 3.98. The number of sulfonamides is 1. The molecule has 3 rings (SSSR count). The van der Waals surface area contributed by atoms with E-state index in [9.17, 15) is 17.8 Å². The Kier molecular flexibility index (Phi) is 10.3. The summed E-state index contributed by atoms with van der Waals surface area (Å²) in [6.07, 6.45) is 7.43. The third kappa shape index (κ3) is 6.44. The minimum absolute atomic E-state index is 0.0172. The van der Waals surface area contributed by atoms with Crippen molar-refractivity contribution in [1.29, 1.82) is 0 Å². The number of benzene rings is 2. The van der Waals surface area contributed by atoms with Crippen molar-refractivity contribution in [2.45, 2.75) is 62.5 Å². The highest BCUT2D eigenvalue weighted by molar-refractivity contribution is 9.10. The highest BCUT2D eigenvalue weighted by Gasteiger charge is 2.56. The Morgan fingerprint density at radius 3 is 2.08 bits per heavy atom. The van der Waals surface area contributed by atoms with Gasteiger partial charge in [-0.1, -0.05) is 79.7 Å². The van der Waals surface area contributed by atoms with Crippen LogP contribution in [-0.2, 0) is 28.9 Å². The predicted octanol–water partition coefficient (Wildman–Crippen LogP) is 6.94. The first-order chi connectivity index (χ1) is 17.2. The van der Waals surface area contributed by atoms with Gasteiger partial charge in [0.05, 0.1) is 18.1 Å². The van der Waals surface area contributed by atoms with Gasteiger partial charge in [0, 0.05) is 15.6 Å². The van der Waals surface area contributed by atoms with Gasteiger partial charge >= 0.3 is 7.60 Å². The van der Waals surface area contributed by atoms with E-state index < -0.39 is 22.9 Å². The van der Waals surface area contributed by atoms with Crippen molar-refractivity contribution >= 4 is 39.3 Å². The van der Waals surface area contributed by atoms with E-state index in [1.165, 1.54) is 24.3 Å². The van der Waals surface area contributed by atoms with Crippen LogP contribution in [0, 0.1) is 0 Å². The molecule has 0 saturated heterocycles. The lowest BCUT2D eigenvalue weighted by Gasteiger charge is -2.40. The predicted molar refractivity (Wildman–Crippen MR) is 145 cm³/mol. The number of rotatable bonds is 14. The van der Waals surface area contributed by atoms with Gasteiger partial charge in [0.15, 0.2) is 11.1 Å². The number of carbonyl (C=O) groups is 1. The first-order valence-electron chi connectivity index (χ1n) is 12.2. The minimum Gasteiger partial charge on any atom is -0.307 e. The van der Waals surface area contributed by atoms with E-state index in [-0.39, 0.29) is 35.0 Å². The topological polar surface area (TPSA) is 98.8 Å². The van der Waals surface area contributed by atoms with E-state index in [0.29, 0.717) is 17.3 Å². The Labute approximate surface area is 222 Å². The van der Waals surface area contributed by atoms with Gasteiger partial charge < -0.3 is 9.05 Å². The normalized spacial score (nSPS) is 17.8. The third-order valence-corrected chi connectivity index (χ3v) is 10.5. The summed E-state index contributed by atoms with van der Waals surface area (Å²) in [6, 6.07) is 12.6. The molecule has 0 aliphatic heterocycles. The summed E-state index contributed by atoms with van der Waals surface area (Å²) >= 11 is 3.31. The van der Waals surface area contributed by atoms with Crippen molar-refractivity contribution in [3.63, 3.8) is 0 Å². The molecule has 2 aromatic carbocycles. The van der Waals surface area contributed by atoms with Crippen molar-refractivity contribution in [3.8, 4) is 0 Å². The number of hydrogen-bond donors (Lipinski definition) is 1. The van der Waals surface area contributed by atoms with E-state index in [1.807, 2.05) is 13.8 Å². The molecule has 196 valence electrons. The SMILES string of the molecule is CCCCCOP(=O)(OCCCCC)C1(NS(=O)(=O)c2ccc(Br)cc2)C=CC(=O)c2ccccc21. The molecule has 1 unspecified atom stereocenters. The average Bonchev–Trinajstić information content (AvgIpc) is 2.87. The molecule has 0 saturated carbocycles. The van der Waals surface area contributed by atoms with Crippen LogP contribution >= 0.6 is 23.5 Å². The fraction of sp³-hybridized carbons (Fsp3) is 0.423. The molecule has 36 heavy (non-hydrogen) atoms. The van der Waals surface area contributed by atoms with Gasteiger partial charge in [-0.3, -0.25) is 9.36 Å². The van der Waals surface area contributed by atoms with Gasteiger partial charge in [-0.15, -0.1) is 0 Å². The number of fused-ring (bicyclic) bond motifs is 1.